The fourth-order valence-electron chi connectivity index (χ4n) is 2.43. The molecule has 0 radical (unpaired) electrons. The molecule has 0 aliphatic heterocycles. The summed E-state index contributed by atoms with van der Waals surface area (Å²) < 4.78 is 20.2. The number of ether oxygens (including phenoxy) is 4. The van der Waals surface area contributed by atoms with Crippen molar-refractivity contribution in [2.75, 3.05) is 81.0 Å². The van der Waals surface area contributed by atoms with E-state index in [1.807, 2.05) is 0 Å². The molecular formula is C19H31N3O6. The van der Waals surface area contributed by atoms with Gasteiger partial charge in [0.15, 0.2) is 0 Å². The first kappa shape index (κ1) is 24.0. The Morgan fingerprint density at radius 2 is 1.18 bits per heavy atom. The molecule has 0 saturated heterocycles. The van der Waals surface area contributed by atoms with Crippen molar-refractivity contribution in [2.24, 2.45) is 0 Å². The maximum atomic E-state index is 12.7. The van der Waals surface area contributed by atoms with Crippen molar-refractivity contribution in [2.45, 2.75) is 0 Å². The lowest BCUT2D eigenvalue weighted by Crippen LogP contribution is -2.37. The van der Waals surface area contributed by atoms with Crippen molar-refractivity contribution in [3.63, 3.8) is 0 Å². The van der Waals surface area contributed by atoms with E-state index in [2.05, 4.69) is 4.98 Å². The second-order valence-corrected chi connectivity index (χ2v) is 5.99. The second-order valence-electron chi connectivity index (χ2n) is 5.99. The molecule has 0 spiro atoms. The average molecular weight is 397 g/mol. The van der Waals surface area contributed by atoms with Gasteiger partial charge in [-0.3, -0.25) is 14.6 Å². The smallest absolute Gasteiger partial charge is 0.272 e. The van der Waals surface area contributed by atoms with E-state index in [1.165, 1.54) is 6.20 Å². The van der Waals surface area contributed by atoms with E-state index in [4.69, 9.17) is 18.9 Å². The van der Waals surface area contributed by atoms with Crippen LogP contribution in [0, 0.1) is 0 Å². The molecule has 0 aromatic carbocycles. The molecule has 1 aromatic rings. The number of aromatic nitrogens is 1. The monoisotopic (exact) mass is 397 g/mol. The van der Waals surface area contributed by atoms with Crippen molar-refractivity contribution in [1.29, 1.82) is 0 Å². The number of hydrogen-bond donors (Lipinski definition) is 0. The standard InChI is InChI=1S/C19H31N3O6/c1-25-11-7-21(8-12-26-2)18(23)16-5-6-17(20-15-16)19(24)22(9-13-27-3)10-14-28-4/h5-6,15H,7-14H2,1-4H3. The molecule has 0 aliphatic rings. The van der Waals surface area contributed by atoms with Crippen LogP contribution in [0.1, 0.15) is 20.8 Å². The van der Waals surface area contributed by atoms with Crippen molar-refractivity contribution in [3.8, 4) is 0 Å². The number of carbonyl (C=O) groups is 2. The summed E-state index contributed by atoms with van der Waals surface area (Å²) in [5, 5.41) is 0. The number of hydrogen-bond acceptors (Lipinski definition) is 7. The predicted molar refractivity (Wildman–Crippen MR) is 104 cm³/mol. The third-order valence-electron chi connectivity index (χ3n) is 4.07. The zero-order valence-corrected chi connectivity index (χ0v) is 17.2. The summed E-state index contributed by atoms with van der Waals surface area (Å²) >= 11 is 0. The van der Waals surface area contributed by atoms with E-state index in [0.29, 0.717) is 58.2 Å². The predicted octanol–water partition coefficient (Wildman–Crippen LogP) is 0.552. The summed E-state index contributed by atoms with van der Waals surface area (Å²) in [5.74, 6) is -0.417. The molecule has 9 heteroatoms. The Bertz CT molecular complexity index is 515. The molecule has 1 rings (SSSR count). The fraction of sp³-hybridized carbons (Fsp3) is 0.632. The Morgan fingerprint density at radius 1 is 0.750 bits per heavy atom. The van der Waals surface area contributed by atoms with Crippen LogP contribution in [0.2, 0.25) is 0 Å². The van der Waals surface area contributed by atoms with Crippen molar-refractivity contribution in [3.05, 3.63) is 29.6 Å². The van der Waals surface area contributed by atoms with Gasteiger partial charge in [0.2, 0.25) is 0 Å². The molecule has 1 aromatic heterocycles. The van der Waals surface area contributed by atoms with E-state index < -0.39 is 0 Å². The molecule has 0 bridgehead atoms. The lowest BCUT2D eigenvalue weighted by Gasteiger charge is -2.23. The van der Waals surface area contributed by atoms with Crippen LogP contribution in [0.15, 0.2) is 18.3 Å². The number of rotatable bonds is 14. The van der Waals surface area contributed by atoms with E-state index in [0.717, 1.165) is 0 Å². The molecule has 2 amide bonds. The molecule has 0 unspecified atom stereocenters. The maximum absolute atomic E-state index is 12.7. The third kappa shape index (κ3) is 7.89. The van der Waals surface area contributed by atoms with Gasteiger partial charge in [0.25, 0.3) is 11.8 Å². The van der Waals surface area contributed by atoms with Gasteiger partial charge in [-0.1, -0.05) is 0 Å². The van der Waals surface area contributed by atoms with Crippen LogP contribution < -0.4 is 0 Å². The van der Waals surface area contributed by atoms with Crippen LogP contribution >= 0.6 is 0 Å². The largest absolute Gasteiger partial charge is 0.383 e. The van der Waals surface area contributed by atoms with Gasteiger partial charge in [0, 0.05) is 60.8 Å². The first-order chi connectivity index (χ1) is 13.6. The van der Waals surface area contributed by atoms with Crippen LogP contribution in [0.5, 0.6) is 0 Å². The van der Waals surface area contributed by atoms with Crippen LogP contribution in [-0.2, 0) is 18.9 Å². The highest BCUT2D eigenvalue weighted by molar-refractivity contribution is 5.96. The zero-order chi connectivity index (χ0) is 20.8. The topological polar surface area (TPSA) is 90.4 Å². The number of carbonyl (C=O) groups excluding carboxylic acids is 2. The van der Waals surface area contributed by atoms with Gasteiger partial charge < -0.3 is 28.7 Å². The van der Waals surface area contributed by atoms with E-state index in [1.54, 1.807) is 50.4 Å². The maximum Gasteiger partial charge on any atom is 0.272 e. The summed E-state index contributed by atoms with van der Waals surface area (Å²) in [4.78, 5) is 32.8. The van der Waals surface area contributed by atoms with Crippen molar-refractivity contribution in [1.82, 2.24) is 14.8 Å². The van der Waals surface area contributed by atoms with Crippen LogP contribution in [0.4, 0.5) is 0 Å². The van der Waals surface area contributed by atoms with Gasteiger partial charge in [-0.05, 0) is 12.1 Å². The minimum atomic E-state index is -0.233. The molecule has 0 saturated carbocycles. The molecule has 0 aliphatic carbocycles. The minimum absolute atomic E-state index is 0.184. The van der Waals surface area contributed by atoms with Gasteiger partial charge in [-0.2, -0.15) is 0 Å². The second kappa shape index (κ2) is 14.0. The number of amides is 2. The quantitative estimate of drug-likeness (QED) is 0.453. The zero-order valence-electron chi connectivity index (χ0n) is 17.2. The van der Waals surface area contributed by atoms with E-state index in [-0.39, 0.29) is 17.5 Å². The molecule has 0 N–H and O–H groups in total. The highest BCUT2D eigenvalue weighted by Gasteiger charge is 2.19. The first-order valence-corrected chi connectivity index (χ1v) is 9.09. The number of methoxy groups -OCH3 is 4. The van der Waals surface area contributed by atoms with E-state index in [9.17, 15) is 9.59 Å². The summed E-state index contributed by atoms with van der Waals surface area (Å²) in [7, 11) is 6.33. The molecule has 158 valence electrons. The third-order valence-corrected chi connectivity index (χ3v) is 4.07. The van der Waals surface area contributed by atoms with Crippen LogP contribution in [0.25, 0.3) is 0 Å². The van der Waals surface area contributed by atoms with Gasteiger partial charge in [-0.15, -0.1) is 0 Å². The van der Waals surface area contributed by atoms with Crippen molar-refractivity contribution < 1.29 is 28.5 Å². The van der Waals surface area contributed by atoms with E-state index >= 15 is 0 Å². The summed E-state index contributed by atoms with van der Waals surface area (Å²) in [5.41, 5.74) is 0.674. The fourth-order valence-corrected chi connectivity index (χ4v) is 2.43. The number of pyridine rings is 1. The first-order valence-electron chi connectivity index (χ1n) is 9.09. The summed E-state index contributed by atoms with van der Waals surface area (Å²) in [6, 6.07) is 3.17. The molecular weight excluding hydrogens is 366 g/mol. The van der Waals surface area contributed by atoms with Crippen LogP contribution in [-0.4, -0.2) is 108 Å². The minimum Gasteiger partial charge on any atom is -0.383 e. The van der Waals surface area contributed by atoms with Gasteiger partial charge in [-0.25, -0.2) is 0 Å². The highest BCUT2D eigenvalue weighted by atomic mass is 16.5. The molecule has 0 atom stereocenters. The Hall–Kier alpha value is -2.07. The van der Waals surface area contributed by atoms with Gasteiger partial charge >= 0.3 is 0 Å². The normalized spacial score (nSPS) is 10.7. The van der Waals surface area contributed by atoms with Crippen LogP contribution in [0.3, 0.4) is 0 Å². The SMILES string of the molecule is COCCN(CCOC)C(=O)c1ccc(C(=O)N(CCOC)CCOC)nc1. The lowest BCUT2D eigenvalue weighted by molar-refractivity contribution is 0.0614. The highest BCUT2D eigenvalue weighted by Crippen LogP contribution is 2.08. The Morgan fingerprint density at radius 3 is 1.54 bits per heavy atom. The molecule has 0 fully saturated rings. The summed E-state index contributed by atoms with van der Waals surface area (Å²) in [6.07, 6.45) is 1.42. The van der Waals surface area contributed by atoms with Gasteiger partial charge in [0.05, 0.1) is 32.0 Å². The molecule has 28 heavy (non-hydrogen) atoms. The summed E-state index contributed by atoms with van der Waals surface area (Å²) in [6.45, 7) is 3.44. The average Bonchev–Trinajstić information content (AvgIpc) is 2.73. The Kier molecular flexibility index (Phi) is 12.0. The molecule has 9 nitrogen and oxygen atoms in total. The lowest BCUT2D eigenvalue weighted by atomic mass is 10.2. The van der Waals surface area contributed by atoms with Crippen molar-refractivity contribution >= 4 is 11.8 Å². The Balaban J connectivity index is 2.85. The molecule has 1 heterocycles. The Labute approximate surface area is 166 Å². The number of nitrogens with zero attached hydrogens (tertiary/aromatic N) is 3. The van der Waals surface area contributed by atoms with Gasteiger partial charge in [0.1, 0.15) is 5.69 Å².